The molecular formula is C15H27BrN4. The third-order valence-electron chi connectivity index (χ3n) is 4.27. The van der Waals surface area contributed by atoms with Crippen LogP contribution in [0.4, 0.5) is 0 Å². The van der Waals surface area contributed by atoms with Gasteiger partial charge in [-0.05, 0) is 55.2 Å². The van der Waals surface area contributed by atoms with Crippen LogP contribution >= 0.6 is 15.9 Å². The van der Waals surface area contributed by atoms with Crippen molar-refractivity contribution in [3.63, 3.8) is 0 Å². The van der Waals surface area contributed by atoms with E-state index in [0.29, 0.717) is 6.04 Å². The number of aryl methyl sites for hydroxylation is 2. The van der Waals surface area contributed by atoms with Crippen molar-refractivity contribution in [1.29, 1.82) is 0 Å². The molecule has 1 aliphatic rings. The molecule has 1 aliphatic heterocycles. The number of hydrogen-bond donors (Lipinski definition) is 1. The Morgan fingerprint density at radius 3 is 2.75 bits per heavy atom. The van der Waals surface area contributed by atoms with Gasteiger partial charge in [-0.25, -0.2) is 0 Å². The lowest BCUT2D eigenvalue weighted by Gasteiger charge is -2.23. The quantitative estimate of drug-likeness (QED) is 0.827. The summed E-state index contributed by atoms with van der Waals surface area (Å²) < 4.78 is 3.30. The van der Waals surface area contributed by atoms with E-state index in [-0.39, 0.29) is 0 Å². The monoisotopic (exact) mass is 342 g/mol. The van der Waals surface area contributed by atoms with E-state index in [0.717, 1.165) is 26.1 Å². The Bertz CT molecular complexity index is 430. The molecule has 1 unspecified atom stereocenters. The zero-order valence-electron chi connectivity index (χ0n) is 13.0. The molecule has 4 nitrogen and oxygen atoms in total. The highest BCUT2D eigenvalue weighted by Gasteiger charge is 2.22. The van der Waals surface area contributed by atoms with Crippen molar-refractivity contribution in [3.05, 3.63) is 15.9 Å². The van der Waals surface area contributed by atoms with E-state index < -0.39 is 0 Å². The van der Waals surface area contributed by atoms with Gasteiger partial charge < -0.3 is 5.32 Å². The molecule has 1 N–H and O–H groups in total. The first-order chi connectivity index (χ1) is 9.71. The van der Waals surface area contributed by atoms with Crippen molar-refractivity contribution in [2.45, 2.75) is 59.2 Å². The lowest BCUT2D eigenvalue weighted by molar-refractivity contribution is 0.259. The van der Waals surface area contributed by atoms with Gasteiger partial charge in [0.1, 0.15) is 0 Å². The summed E-state index contributed by atoms with van der Waals surface area (Å²) in [7, 11) is 0. The SMILES string of the molecule is CCc1nn(CC)c(CNCC2CCCN2CC)c1Br. The zero-order valence-corrected chi connectivity index (χ0v) is 14.5. The smallest absolute Gasteiger partial charge is 0.0767 e. The van der Waals surface area contributed by atoms with Crippen LogP contribution in [0.1, 0.15) is 45.0 Å². The first kappa shape index (κ1) is 16.0. The van der Waals surface area contributed by atoms with Gasteiger partial charge in [-0.3, -0.25) is 9.58 Å². The minimum absolute atomic E-state index is 0.711. The predicted octanol–water partition coefficient (Wildman–Crippen LogP) is 2.80. The molecule has 2 heterocycles. The largest absolute Gasteiger partial charge is 0.310 e. The summed E-state index contributed by atoms with van der Waals surface area (Å²) in [6.07, 6.45) is 3.65. The molecule has 1 fully saturated rings. The van der Waals surface area contributed by atoms with Crippen molar-refractivity contribution < 1.29 is 0 Å². The summed E-state index contributed by atoms with van der Waals surface area (Å²) in [5.74, 6) is 0. The molecule has 0 amide bonds. The number of likely N-dealkylation sites (N-methyl/N-ethyl adjacent to an activating group) is 1. The van der Waals surface area contributed by atoms with Crippen LogP contribution < -0.4 is 5.32 Å². The summed E-state index contributed by atoms with van der Waals surface area (Å²) in [6.45, 7) is 11.9. The van der Waals surface area contributed by atoms with Crippen LogP contribution in [0.3, 0.4) is 0 Å². The Balaban J connectivity index is 1.92. The highest BCUT2D eigenvalue weighted by Crippen LogP contribution is 2.22. The Kier molecular flexibility index (Phi) is 6.05. The van der Waals surface area contributed by atoms with E-state index in [4.69, 9.17) is 0 Å². The van der Waals surface area contributed by atoms with Crippen molar-refractivity contribution >= 4 is 15.9 Å². The van der Waals surface area contributed by atoms with Crippen LogP contribution in [0, 0.1) is 0 Å². The maximum absolute atomic E-state index is 4.65. The van der Waals surface area contributed by atoms with Crippen LogP contribution in [-0.2, 0) is 19.5 Å². The summed E-state index contributed by atoms with van der Waals surface area (Å²) >= 11 is 3.71. The third-order valence-corrected chi connectivity index (χ3v) is 5.19. The Morgan fingerprint density at radius 1 is 1.30 bits per heavy atom. The van der Waals surface area contributed by atoms with E-state index in [1.54, 1.807) is 0 Å². The summed E-state index contributed by atoms with van der Waals surface area (Å²) in [4.78, 5) is 2.58. The molecule has 2 rings (SSSR count). The van der Waals surface area contributed by atoms with E-state index in [2.05, 4.69) is 56.7 Å². The van der Waals surface area contributed by atoms with E-state index in [1.165, 1.54) is 41.8 Å². The number of nitrogens with zero attached hydrogens (tertiary/aromatic N) is 3. The fraction of sp³-hybridized carbons (Fsp3) is 0.800. The lowest BCUT2D eigenvalue weighted by atomic mass is 10.2. The standard InChI is InChI=1S/C15H27BrN4/c1-4-13-15(16)14(20(6-3)18-13)11-17-10-12-8-7-9-19(12)5-2/h12,17H,4-11H2,1-3H3. The molecule has 0 bridgehead atoms. The number of likely N-dealkylation sites (tertiary alicyclic amines) is 1. The summed E-state index contributed by atoms with van der Waals surface area (Å²) in [5.41, 5.74) is 2.45. The average Bonchev–Trinajstić information content (AvgIpc) is 3.04. The minimum atomic E-state index is 0.711. The first-order valence-electron chi connectivity index (χ1n) is 7.90. The fourth-order valence-electron chi connectivity index (χ4n) is 3.09. The van der Waals surface area contributed by atoms with Crippen LogP contribution in [0.2, 0.25) is 0 Å². The van der Waals surface area contributed by atoms with Crippen molar-refractivity contribution in [1.82, 2.24) is 20.0 Å². The molecule has 1 aromatic rings. The number of hydrogen-bond acceptors (Lipinski definition) is 3. The molecule has 0 aliphatic carbocycles. The Labute approximate surface area is 131 Å². The number of halogens is 1. The predicted molar refractivity (Wildman–Crippen MR) is 87.0 cm³/mol. The van der Waals surface area contributed by atoms with E-state index >= 15 is 0 Å². The van der Waals surface area contributed by atoms with Gasteiger partial charge in [-0.1, -0.05) is 13.8 Å². The number of nitrogens with one attached hydrogen (secondary N) is 1. The van der Waals surface area contributed by atoms with Gasteiger partial charge in [0.2, 0.25) is 0 Å². The van der Waals surface area contributed by atoms with Gasteiger partial charge in [0.25, 0.3) is 0 Å². The first-order valence-corrected chi connectivity index (χ1v) is 8.69. The van der Waals surface area contributed by atoms with Crippen LogP contribution in [-0.4, -0.2) is 40.4 Å². The molecule has 1 aromatic heterocycles. The number of rotatable bonds is 7. The number of aromatic nitrogens is 2. The zero-order chi connectivity index (χ0) is 14.5. The van der Waals surface area contributed by atoms with Crippen molar-refractivity contribution in [2.75, 3.05) is 19.6 Å². The highest BCUT2D eigenvalue weighted by molar-refractivity contribution is 9.10. The minimum Gasteiger partial charge on any atom is -0.310 e. The maximum atomic E-state index is 4.65. The molecular weight excluding hydrogens is 316 g/mol. The summed E-state index contributed by atoms with van der Waals surface area (Å²) in [6, 6.07) is 0.711. The van der Waals surface area contributed by atoms with Gasteiger partial charge in [0.05, 0.1) is 15.9 Å². The van der Waals surface area contributed by atoms with Crippen molar-refractivity contribution in [3.8, 4) is 0 Å². The molecule has 0 saturated carbocycles. The van der Waals surface area contributed by atoms with E-state index in [1.807, 2.05) is 0 Å². The second kappa shape index (κ2) is 7.57. The van der Waals surface area contributed by atoms with Crippen LogP contribution in [0.5, 0.6) is 0 Å². The molecule has 1 saturated heterocycles. The molecule has 1 atom stereocenters. The van der Waals surface area contributed by atoms with Gasteiger partial charge in [-0.15, -0.1) is 0 Å². The molecule has 0 radical (unpaired) electrons. The van der Waals surface area contributed by atoms with Crippen LogP contribution in [0.15, 0.2) is 4.47 Å². The molecule has 114 valence electrons. The second-order valence-corrected chi connectivity index (χ2v) is 6.23. The molecule has 0 spiro atoms. The molecule has 20 heavy (non-hydrogen) atoms. The van der Waals surface area contributed by atoms with Crippen molar-refractivity contribution in [2.24, 2.45) is 0 Å². The van der Waals surface area contributed by atoms with E-state index in [9.17, 15) is 0 Å². The maximum Gasteiger partial charge on any atom is 0.0767 e. The normalized spacial score (nSPS) is 19.9. The Morgan fingerprint density at radius 2 is 2.10 bits per heavy atom. The molecule has 0 aromatic carbocycles. The lowest BCUT2D eigenvalue weighted by Crippen LogP contribution is -2.37. The summed E-state index contributed by atoms with van der Waals surface area (Å²) in [5, 5.41) is 8.28. The van der Waals surface area contributed by atoms with Gasteiger partial charge >= 0.3 is 0 Å². The van der Waals surface area contributed by atoms with Gasteiger partial charge in [0.15, 0.2) is 0 Å². The topological polar surface area (TPSA) is 33.1 Å². The van der Waals surface area contributed by atoms with Crippen LogP contribution in [0.25, 0.3) is 0 Å². The Hall–Kier alpha value is -0.390. The second-order valence-electron chi connectivity index (χ2n) is 5.43. The fourth-order valence-corrected chi connectivity index (χ4v) is 3.79. The average molecular weight is 343 g/mol. The van der Waals surface area contributed by atoms with Gasteiger partial charge in [0, 0.05) is 25.7 Å². The highest BCUT2D eigenvalue weighted by atomic mass is 79.9. The van der Waals surface area contributed by atoms with Gasteiger partial charge in [-0.2, -0.15) is 5.10 Å². The molecule has 5 heteroatoms. The third kappa shape index (κ3) is 3.43.